The first-order valence-electron chi connectivity index (χ1n) is 13.0. The van der Waals surface area contributed by atoms with Crippen LogP contribution in [0, 0.1) is 11.8 Å². The van der Waals surface area contributed by atoms with Crippen molar-refractivity contribution in [2.24, 2.45) is 17.6 Å². The van der Waals surface area contributed by atoms with Crippen molar-refractivity contribution in [3.8, 4) is 0 Å². The zero-order valence-electron chi connectivity index (χ0n) is 22.8. The molecule has 2 heterocycles. The van der Waals surface area contributed by atoms with E-state index in [2.05, 4.69) is 54.0 Å². The van der Waals surface area contributed by atoms with Gasteiger partial charge in [-0.15, -0.1) is 0 Å². The Kier molecular flexibility index (Phi) is 9.18. The van der Waals surface area contributed by atoms with Crippen LogP contribution >= 0.6 is 0 Å². The molecule has 0 radical (unpaired) electrons. The highest BCUT2D eigenvalue weighted by atomic mass is 16.2. The molecular formula is C28H43N7O. The third kappa shape index (κ3) is 6.68. The van der Waals surface area contributed by atoms with Gasteiger partial charge in [-0.25, -0.2) is 4.98 Å². The summed E-state index contributed by atoms with van der Waals surface area (Å²) in [5.41, 5.74) is 8.76. The van der Waals surface area contributed by atoms with E-state index in [0.29, 0.717) is 29.3 Å². The molecule has 3 N–H and O–H groups in total. The SMILES string of the molecule is C=C/C(=C\C=C(/N)Nc1ncc2cc(C(=O)N(C)C)n(C3CCCC3)c2n1)N(CC(C)C)CC(C)C. The molecule has 196 valence electrons. The van der Waals surface area contributed by atoms with Crippen molar-refractivity contribution in [2.75, 3.05) is 32.5 Å². The molecule has 1 fully saturated rings. The van der Waals surface area contributed by atoms with E-state index in [9.17, 15) is 4.79 Å². The number of carbonyl (C=O) groups excluding carboxylic acids is 1. The Labute approximate surface area is 215 Å². The largest absolute Gasteiger partial charge is 0.385 e. The number of aromatic nitrogens is 3. The minimum Gasteiger partial charge on any atom is -0.385 e. The number of nitrogens with one attached hydrogen (secondary N) is 1. The monoisotopic (exact) mass is 493 g/mol. The normalized spacial score (nSPS) is 15.2. The standard InChI is InChI=1S/C28H43N7O/c1-8-22(34(17-19(2)3)18-20(4)5)13-14-25(29)31-28-30-16-21-15-24(27(36)33(6)7)35(26(21)32-28)23-11-9-10-12-23/h8,13-16,19-20,23H,1,9-12,17-18,29H2,2-7H3,(H,30,31,32)/b22-13+,25-14+. The van der Waals surface area contributed by atoms with E-state index in [1.165, 1.54) is 0 Å². The second kappa shape index (κ2) is 12.1. The highest BCUT2D eigenvalue weighted by molar-refractivity contribution is 5.97. The first-order valence-corrected chi connectivity index (χ1v) is 13.0. The van der Waals surface area contributed by atoms with Gasteiger partial charge in [-0.1, -0.05) is 47.1 Å². The summed E-state index contributed by atoms with van der Waals surface area (Å²) in [6.45, 7) is 14.8. The molecule has 2 aromatic heterocycles. The molecule has 0 unspecified atom stereocenters. The molecule has 0 spiro atoms. The molecule has 0 aromatic carbocycles. The summed E-state index contributed by atoms with van der Waals surface area (Å²) >= 11 is 0. The van der Waals surface area contributed by atoms with Gasteiger partial charge < -0.3 is 25.4 Å². The Balaban J connectivity index is 1.90. The van der Waals surface area contributed by atoms with E-state index in [-0.39, 0.29) is 11.9 Å². The summed E-state index contributed by atoms with van der Waals surface area (Å²) < 4.78 is 2.10. The molecule has 1 amide bonds. The molecule has 2 aromatic rings. The van der Waals surface area contributed by atoms with E-state index in [0.717, 1.165) is 55.5 Å². The van der Waals surface area contributed by atoms with Gasteiger partial charge in [0.2, 0.25) is 5.95 Å². The van der Waals surface area contributed by atoms with E-state index in [1.54, 1.807) is 25.2 Å². The van der Waals surface area contributed by atoms with Crippen LogP contribution in [0.1, 0.15) is 69.9 Å². The Bertz CT molecular complexity index is 1110. The number of anilines is 1. The molecule has 3 rings (SSSR count). The van der Waals surface area contributed by atoms with Crippen LogP contribution in [0.15, 0.2) is 48.6 Å². The molecule has 0 aliphatic heterocycles. The fourth-order valence-corrected chi connectivity index (χ4v) is 4.81. The lowest BCUT2D eigenvalue weighted by molar-refractivity contribution is 0.0815. The summed E-state index contributed by atoms with van der Waals surface area (Å²) in [5.74, 6) is 1.89. The second-order valence-electron chi connectivity index (χ2n) is 10.7. The number of amides is 1. The number of nitrogens with two attached hydrogens (primary N) is 1. The maximum Gasteiger partial charge on any atom is 0.270 e. The molecule has 0 saturated heterocycles. The van der Waals surface area contributed by atoms with Crippen molar-refractivity contribution in [3.63, 3.8) is 0 Å². The van der Waals surface area contributed by atoms with Crippen molar-refractivity contribution in [2.45, 2.75) is 59.4 Å². The third-order valence-electron chi connectivity index (χ3n) is 6.33. The second-order valence-corrected chi connectivity index (χ2v) is 10.7. The lowest BCUT2D eigenvalue weighted by Crippen LogP contribution is -2.30. The lowest BCUT2D eigenvalue weighted by Gasteiger charge is -2.29. The highest BCUT2D eigenvalue weighted by Crippen LogP contribution is 2.34. The fourth-order valence-electron chi connectivity index (χ4n) is 4.81. The lowest BCUT2D eigenvalue weighted by atomic mass is 10.1. The van der Waals surface area contributed by atoms with Crippen LogP contribution in [0.25, 0.3) is 11.0 Å². The minimum atomic E-state index is -0.0248. The van der Waals surface area contributed by atoms with E-state index >= 15 is 0 Å². The molecular weight excluding hydrogens is 450 g/mol. The summed E-state index contributed by atoms with van der Waals surface area (Å²) in [4.78, 5) is 26.1. The zero-order valence-corrected chi connectivity index (χ0v) is 22.8. The Morgan fingerprint density at radius 1 is 1.19 bits per heavy atom. The van der Waals surface area contributed by atoms with Crippen LogP contribution in [0.3, 0.4) is 0 Å². The van der Waals surface area contributed by atoms with Crippen molar-refractivity contribution < 1.29 is 4.79 Å². The molecule has 1 aliphatic carbocycles. The number of nitrogens with zero attached hydrogens (tertiary/aromatic N) is 5. The van der Waals surface area contributed by atoms with Crippen molar-refractivity contribution >= 4 is 22.9 Å². The summed E-state index contributed by atoms with van der Waals surface area (Å²) in [6.07, 6.45) is 11.9. The van der Waals surface area contributed by atoms with Gasteiger partial charge in [0, 0.05) is 50.5 Å². The predicted octanol–water partition coefficient (Wildman–Crippen LogP) is 5.14. The zero-order chi connectivity index (χ0) is 26.4. The Morgan fingerprint density at radius 3 is 2.39 bits per heavy atom. The number of rotatable bonds is 11. The molecule has 1 saturated carbocycles. The van der Waals surface area contributed by atoms with Crippen molar-refractivity contribution in [1.82, 2.24) is 24.3 Å². The van der Waals surface area contributed by atoms with Gasteiger partial charge in [-0.2, -0.15) is 4.98 Å². The summed E-state index contributed by atoms with van der Waals surface area (Å²) in [5, 5.41) is 3.98. The van der Waals surface area contributed by atoms with E-state index in [1.807, 2.05) is 24.3 Å². The maximum atomic E-state index is 12.9. The molecule has 36 heavy (non-hydrogen) atoms. The fraction of sp³-hybridized carbons (Fsp3) is 0.536. The van der Waals surface area contributed by atoms with Gasteiger partial charge in [0.25, 0.3) is 5.91 Å². The summed E-state index contributed by atoms with van der Waals surface area (Å²) in [6, 6.07) is 2.17. The van der Waals surface area contributed by atoms with Crippen molar-refractivity contribution in [3.05, 3.63) is 54.3 Å². The maximum absolute atomic E-state index is 12.9. The molecule has 0 bridgehead atoms. The number of fused-ring (bicyclic) bond motifs is 1. The summed E-state index contributed by atoms with van der Waals surface area (Å²) in [7, 11) is 3.55. The Hall–Kier alpha value is -3.29. The number of carbonyl (C=O) groups is 1. The number of hydrogen-bond donors (Lipinski definition) is 2. The quantitative estimate of drug-likeness (QED) is 0.421. The van der Waals surface area contributed by atoms with Gasteiger partial charge in [0.15, 0.2) is 0 Å². The van der Waals surface area contributed by atoms with Crippen LogP contribution in [-0.2, 0) is 0 Å². The predicted molar refractivity (Wildman–Crippen MR) is 148 cm³/mol. The van der Waals surface area contributed by atoms with Crippen LogP contribution < -0.4 is 11.1 Å². The number of allylic oxidation sites excluding steroid dienone is 3. The Morgan fingerprint density at radius 2 is 1.83 bits per heavy atom. The molecule has 0 atom stereocenters. The first kappa shape index (κ1) is 27.3. The highest BCUT2D eigenvalue weighted by Gasteiger charge is 2.26. The smallest absolute Gasteiger partial charge is 0.270 e. The van der Waals surface area contributed by atoms with Gasteiger partial charge in [0.1, 0.15) is 17.2 Å². The molecule has 8 heteroatoms. The van der Waals surface area contributed by atoms with E-state index < -0.39 is 0 Å². The van der Waals surface area contributed by atoms with Crippen LogP contribution in [0.2, 0.25) is 0 Å². The van der Waals surface area contributed by atoms with Gasteiger partial charge in [0.05, 0.1) is 0 Å². The molecule has 1 aliphatic rings. The van der Waals surface area contributed by atoms with Gasteiger partial charge in [-0.3, -0.25) is 4.79 Å². The molecule has 8 nitrogen and oxygen atoms in total. The van der Waals surface area contributed by atoms with Crippen LogP contribution in [0.4, 0.5) is 5.95 Å². The minimum absolute atomic E-state index is 0.0248. The van der Waals surface area contributed by atoms with Crippen LogP contribution in [-0.4, -0.2) is 57.4 Å². The average Bonchev–Trinajstić information content (AvgIpc) is 3.45. The number of hydrogen-bond acceptors (Lipinski definition) is 6. The van der Waals surface area contributed by atoms with Gasteiger partial charge in [-0.05, 0) is 49.0 Å². The van der Waals surface area contributed by atoms with Crippen LogP contribution in [0.5, 0.6) is 0 Å². The first-order chi connectivity index (χ1) is 17.1. The van der Waals surface area contributed by atoms with Gasteiger partial charge >= 0.3 is 0 Å². The topological polar surface area (TPSA) is 92.3 Å². The van der Waals surface area contributed by atoms with Crippen molar-refractivity contribution in [1.29, 1.82) is 0 Å². The van der Waals surface area contributed by atoms with E-state index in [4.69, 9.17) is 10.7 Å². The average molecular weight is 494 g/mol. The third-order valence-corrected chi connectivity index (χ3v) is 6.33.